The molecule has 1 N–H and O–H groups in total. The molecule has 0 saturated carbocycles. The van der Waals surface area contributed by atoms with Gasteiger partial charge in [-0.15, -0.1) is 0 Å². The summed E-state index contributed by atoms with van der Waals surface area (Å²) in [6.07, 6.45) is 2.98. The van der Waals surface area contributed by atoms with E-state index in [0.717, 1.165) is 6.07 Å². The molecule has 164 valence electrons. The first-order chi connectivity index (χ1) is 14.2. The maximum atomic E-state index is 12.6. The number of anilines is 1. The number of benzene rings is 1. The van der Waals surface area contributed by atoms with Crippen molar-refractivity contribution in [1.82, 2.24) is 13.9 Å². The first-order valence-electron chi connectivity index (χ1n) is 9.45. The van der Waals surface area contributed by atoms with Gasteiger partial charge in [0.15, 0.2) is 5.69 Å². The van der Waals surface area contributed by atoms with Gasteiger partial charge in [-0.05, 0) is 19.1 Å². The van der Waals surface area contributed by atoms with Gasteiger partial charge in [-0.2, -0.15) is 4.31 Å². The number of rotatable bonds is 11. The molecule has 0 fully saturated rings. The Labute approximate surface area is 174 Å². The molecule has 0 amide bonds. The van der Waals surface area contributed by atoms with Crippen molar-refractivity contribution >= 4 is 27.4 Å². The van der Waals surface area contributed by atoms with Gasteiger partial charge in [0.25, 0.3) is 5.69 Å². The van der Waals surface area contributed by atoms with E-state index in [2.05, 4.69) is 10.3 Å². The Morgan fingerprint density at radius 2 is 2.00 bits per heavy atom. The second-order valence-corrected chi connectivity index (χ2v) is 8.11. The fraction of sp³-hybridized carbons (Fsp3) is 0.444. The highest BCUT2D eigenvalue weighted by molar-refractivity contribution is 7.89. The van der Waals surface area contributed by atoms with Gasteiger partial charge in [0.1, 0.15) is 5.69 Å². The topological polar surface area (TPSA) is 137 Å². The molecule has 11 nitrogen and oxygen atoms in total. The minimum Gasteiger partial charge on any atom is -0.461 e. The van der Waals surface area contributed by atoms with Crippen molar-refractivity contribution in [1.29, 1.82) is 0 Å². The van der Waals surface area contributed by atoms with E-state index < -0.39 is 20.9 Å². The number of esters is 1. The smallest absolute Gasteiger partial charge is 0.358 e. The zero-order valence-electron chi connectivity index (χ0n) is 17.1. The van der Waals surface area contributed by atoms with Crippen LogP contribution in [-0.2, 0) is 21.3 Å². The van der Waals surface area contributed by atoms with Gasteiger partial charge < -0.3 is 14.6 Å². The maximum Gasteiger partial charge on any atom is 0.358 e. The lowest BCUT2D eigenvalue weighted by atomic mass is 10.2. The molecule has 2 aromatic rings. The SMILES string of the molecule is CCOC(=O)c1cn(CCNc2ccc(S(=O)(=O)N(CC)CC)cc2[N+](=O)[O-])cn1. The lowest BCUT2D eigenvalue weighted by Crippen LogP contribution is -2.30. The van der Waals surface area contributed by atoms with Crippen molar-refractivity contribution < 1.29 is 22.9 Å². The molecule has 30 heavy (non-hydrogen) atoms. The maximum absolute atomic E-state index is 12.6. The monoisotopic (exact) mass is 439 g/mol. The summed E-state index contributed by atoms with van der Waals surface area (Å²) in [5.74, 6) is -0.523. The van der Waals surface area contributed by atoms with Crippen LogP contribution in [0, 0.1) is 10.1 Å². The Bertz CT molecular complexity index is 1000. The van der Waals surface area contributed by atoms with E-state index in [1.807, 2.05) is 0 Å². The summed E-state index contributed by atoms with van der Waals surface area (Å²) >= 11 is 0. The fourth-order valence-corrected chi connectivity index (χ4v) is 4.28. The number of imidazole rings is 1. The normalized spacial score (nSPS) is 11.5. The Morgan fingerprint density at radius 3 is 2.60 bits per heavy atom. The Kier molecular flexibility index (Phi) is 7.89. The third kappa shape index (κ3) is 5.33. The average Bonchev–Trinajstić information content (AvgIpc) is 3.18. The summed E-state index contributed by atoms with van der Waals surface area (Å²) in [7, 11) is -3.80. The highest BCUT2D eigenvalue weighted by atomic mass is 32.2. The predicted molar refractivity (Wildman–Crippen MR) is 110 cm³/mol. The third-order valence-electron chi connectivity index (χ3n) is 4.31. The molecule has 0 bridgehead atoms. The van der Waals surface area contributed by atoms with Crippen molar-refractivity contribution in [3.8, 4) is 0 Å². The molecule has 0 spiro atoms. The summed E-state index contributed by atoms with van der Waals surface area (Å²) in [5.41, 5.74) is 0.0408. The number of nitro groups is 1. The third-order valence-corrected chi connectivity index (χ3v) is 6.36. The summed E-state index contributed by atoms with van der Waals surface area (Å²) in [5, 5.41) is 14.4. The number of nitro benzene ring substituents is 1. The molecule has 0 aliphatic rings. The molecular formula is C18H25N5O6S. The first kappa shape index (κ1) is 23.3. The molecular weight excluding hydrogens is 414 g/mol. The van der Waals surface area contributed by atoms with Crippen molar-refractivity contribution in [2.24, 2.45) is 0 Å². The van der Waals surface area contributed by atoms with Crippen LogP contribution in [-0.4, -0.2) is 59.4 Å². The zero-order valence-corrected chi connectivity index (χ0v) is 17.9. The molecule has 0 saturated heterocycles. The molecule has 0 radical (unpaired) electrons. The molecule has 0 unspecified atom stereocenters. The van der Waals surface area contributed by atoms with E-state index >= 15 is 0 Å². The van der Waals surface area contributed by atoms with Gasteiger partial charge in [-0.1, -0.05) is 13.8 Å². The van der Waals surface area contributed by atoms with Crippen molar-refractivity contribution in [2.75, 3.05) is 31.6 Å². The highest BCUT2D eigenvalue weighted by Crippen LogP contribution is 2.29. The summed E-state index contributed by atoms with van der Waals surface area (Å²) in [6.45, 7) is 6.56. The van der Waals surface area contributed by atoms with E-state index in [1.54, 1.807) is 25.3 Å². The lowest BCUT2D eigenvalue weighted by Gasteiger charge is -2.18. The molecule has 2 rings (SSSR count). The molecule has 0 aliphatic carbocycles. The van der Waals surface area contributed by atoms with E-state index in [1.165, 1.54) is 29.0 Å². The van der Waals surface area contributed by atoms with E-state index in [-0.39, 0.29) is 41.7 Å². The van der Waals surface area contributed by atoms with Crippen LogP contribution >= 0.6 is 0 Å². The molecule has 1 aromatic carbocycles. The second-order valence-electron chi connectivity index (χ2n) is 6.17. The minimum atomic E-state index is -3.80. The van der Waals surface area contributed by atoms with Gasteiger partial charge in [0.2, 0.25) is 10.0 Å². The number of sulfonamides is 1. The standard InChI is InChI=1S/C18H25N5O6S/c1-4-22(5-2)30(27,28)14-7-8-15(17(11-14)23(25)26)19-9-10-21-12-16(20-13-21)18(24)29-6-3/h7-8,11-13,19H,4-6,9-10H2,1-3H3. The highest BCUT2D eigenvalue weighted by Gasteiger charge is 2.25. The van der Waals surface area contributed by atoms with Gasteiger partial charge in [-0.25, -0.2) is 18.2 Å². The molecule has 12 heteroatoms. The minimum absolute atomic E-state index is 0.128. The van der Waals surface area contributed by atoms with Crippen molar-refractivity contribution in [3.05, 3.63) is 46.5 Å². The van der Waals surface area contributed by atoms with Crippen molar-refractivity contribution in [2.45, 2.75) is 32.2 Å². The van der Waals surface area contributed by atoms with E-state index in [9.17, 15) is 23.3 Å². The largest absolute Gasteiger partial charge is 0.461 e. The second kappa shape index (κ2) is 10.2. The number of carbonyl (C=O) groups excluding carboxylic acids is 1. The van der Waals surface area contributed by atoms with Gasteiger partial charge >= 0.3 is 5.97 Å². The zero-order chi connectivity index (χ0) is 22.3. The number of aromatic nitrogens is 2. The van der Waals surface area contributed by atoms with Crippen LogP contribution in [0.2, 0.25) is 0 Å². The number of hydrogen-bond donors (Lipinski definition) is 1. The Balaban J connectivity index is 2.13. The quantitative estimate of drug-likeness (QED) is 0.319. The average molecular weight is 439 g/mol. The number of nitrogens with one attached hydrogen (secondary N) is 1. The van der Waals surface area contributed by atoms with Crippen LogP contribution in [0.25, 0.3) is 0 Å². The van der Waals surface area contributed by atoms with Crippen LogP contribution in [0.5, 0.6) is 0 Å². The van der Waals surface area contributed by atoms with Crippen LogP contribution in [0.4, 0.5) is 11.4 Å². The van der Waals surface area contributed by atoms with Crippen LogP contribution in [0.3, 0.4) is 0 Å². The molecule has 1 heterocycles. The van der Waals surface area contributed by atoms with Crippen LogP contribution < -0.4 is 5.32 Å². The Hall–Kier alpha value is -2.99. The summed E-state index contributed by atoms with van der Waals surface area (Å²) < 4.78 is 33.0. The molecule has 0 aliphatic heterocycles. The Morgan fingerprint density at radius 1 is 1.30 bits per heavy atom. The lowest BCUT2D eigenvalue weighted by molar-refractivity contribution is -0.384. The summed E-state index contributed by atoms with van der Waals surface area (Å²) in [4.78, 5) is 26.3. The number of hydrogen-bond acceptors (Lipinski definition) is 8. The number of ether oxygens (including phenoxy) is 1. The number of nitrogens with zero attached hydrogens (tertiary/aromatic N) is 4. The van der Waals surface area contributed by atoms with E-state index in [4.69, 9.17) is 4.74 Å². The van der Waals surface area contributed by atoms with Gasteiger partial charge in [0, 0.05) is 38.4 Å². The van der Waals surface area contributed by atoms with Crippen LogP contribution in [0.1, 0.15) is 31.3 Å². The fourth-order valence-electron chi connectivity index (χ4n) is 2.80. The summed E-state index contributed by atoms with van der Waals surface area (Å²) in [6, 6.07) is 3.79. The molecule has 1 aromatic heterocycles. The van der Waals surface area contributed by atoms with E-state index in [0.29, 0.717) is 13.1 Å². The predicted octanol–water partition coefficient (Wildman–Crippen LogP) is 2.11. The van der Waals surface area contributed by atoms with Crippen molar-refractivity contribution in [3.63, 3.8) is 0 Å². The van der Waals surface area contributed by atoms with Gasteiger partial charge in [-0.3, -0.25) is 10.1 Å². The van der Waals surface area contributed by atoms with Gasteiger partial charge in [0.05, 0.1) is 22.8 Å². The number of carbonyl (C=O) groups is 1. The first-order valence-corrected chi connectivity index (χ1v) is 10.9. The molecule has 0 atom stereocenters. The van der Waals surface area contributed by atoms with Crippen LogP contribution in [0.15, 0.2) is 35.6 Å².